The molecule has 0 aromatic heterocycles. The molecule has 3 nitrogen and oxygen atoms in total. The minimum absolute atomic E-state index is 0.330. The summed E-state index contributed by atoms with van der Waals surface area (Å²) < 4.78 is 0. The lowest BCUT2D eigenvalue weighted by Crippen LogP contribution is -2.35. The summed E-state index contributed by atoms with van der Waals surface area (Å²) in [6.07, 6.45) is 10.4. The van der Waals surface area contributed by atoms with E-state index in [0.717, 1.165) is 25.6 Å². The SMILES string of the molecule is CCC(=O)N1CCC2CCCC23C(C1)N3CC=Cc1ccccc1. The lowest BCUT2D eigenvalue weighted by Gasteiger charge is -2.23. The first-order valence-corrected chi connectivity index (χ1v) is 9.52. The van der Waals surface area contributed by atoms with Gasteiger partial charge in [-0.1, -0.05) is 55.8 Å². The molecule has 1 saturated carbocycles. The molecule has 1 aliphatic carbocycles. The highest BCUT2D eigenvalue weighted by Crippen LogP contribution is 2.58. The molecule has 0 N–H and O–H groups in total. The van der Waals surface area contributed by atoms with Crippen LogP contribution in [0.1, 0.15) is 44.6 Å². The van der Waals surface area contributed by atoms with Gasteiger partial charge in [0.1, 0.15) is 0 Å². The van der Waals surface area contributed by atoms with Gasteiger partial charge >= 0.3 is 0 Å². The van der Waals surface area contributed by atoms with Gasteiger partial charge in [0, 0.05) is 37.6 Å². The second-order valence-corrected chi connectivity index (χ2v) is 7.54. The van der Waals surface area contributed by atoms with Gasteiger partial charge in [-0.05, 0) is 30.7 Å². The van der Waals surface area contributed by atoms with Crippen molar-refractivity contribution < 1.29 is 4.79 Å². The molecule has 1 spiro atoms. The van der Waals surface area contributed by atoms with Gasteiger partial charge in [-0.25, -0.2) is 0 Å². The molecule has 4 unspecified atom stereocenters. The van der Waals surface area contributed by atoms with Crippen molar-refractivity contribution in [3.05, 3.63) is 42.0 Å². The smallest absolute Gasteiger partial charge is 0.222 e. The predicted molar refractivity (Wildman–Crippen MR) is 97.5 cm³/mol. The van der Waals surface area contributed by atoms with Gasteiger partial charge < -0.3 is 4.90 Å². The predicted octanol–water partition coefficient (Wildman–Crippen LogP) is 3.57. The Labute approximate surface area is 145 Å². The van der Waals surface area contributed by atoms with Crippen molar-refractivity contribution in [1.82, 2.24) is 9.80 Å². The van der Waals surface area contributed by atoms with Gasteiger partial charge in [-0.15, -0.1) is 0 Å². The summed E-state index contributed by atoms with van der Waals surface area (Å²) in [4.78, 5) is 17.0. The summed E-state index contributed by atoms with van der Waals surface area (Å²) >= 11 is 0. The van der Waals surface area contributed by atoms with Crippen LogP contribution in [0.5, 0.6) is 0 Å². The molecule has 3 aliphatic rings. The minimum atomic E-state index is 0.330. The van der Waals surface area contributed by atoms with Gasteiger partial charge in [0.2, 0.25) is 5.91 Å². The zero-order chi connectivity index (χ0) is 16.6. The molecule has 4 rings (SSSR count). The molecule has 0 radical (unpaired) electrons. The number of likely N-dealkylation sites (tertiary alicyclic amines) is 1. The van der Waals surface area contributed by atoms with Crippen LogP contribution in [0.3, 0.4) is 0 Å². The van der Waals surface area contributed by atoms with Crippen LogP contribution in [0, 0.1) is 5.92 Å². The summed E-state index contributed by atoms with van der Waals surface area (Å²) in [6, 6.07) is 11.1. The number of nitrogens with zero attached hydrogens (tertiary/aromatic N) is 2. The summed E-state index contributed by atoms with van der Waals surface area (Å²) in [5, 5.41) is 0. The third-order valence-corrected chi connectivity index (χ3v) is 6.47. The summed E-state index contributed by atoms with van der Waals surface area (Å²) in [5.41, 5.74) is 1.67. The first kappa shape index (κ1) is 15.9. The van der Waals surface area contributed by atoms with Crippen molar-refractivity contribution in [3.8, 4) is 0 Å². The molecule has 1 amide bonds. The third kappa shape index (κ3) is 2.59. The van der Waals surface area contributed by atoms with Crippen molar-refractivity contribution in [2.75, 3.05) is 19.6 Å². The number of carbonyl (C=O) groups excluding carboxylic acids is 1. The second kappa shape index (κ2) is 6.36. The minimum Gasteiger partial charge on any atom is -0.341 e. The normalized spacial score (nSPS) is 34.7. The van der Waals surface area contributed by atoms with Crippen molar-refractivity contribution in [3.63, 3.8) is 0 Å². The molecule has 2 saturated heterocycles. The maximum absolute atomic E-state index is 12.2. The highest BCUT2D eigenvalue weighted by molar-refractivity contribution is 5.76. The molecule has 1 aromatic rings. The molecule has 4 atom stereocenters. The van der Waals surface area contributed by atoms with Crippen LogP contribution in [0.2, 0.25) is 0 Å². The molecule has 3 heteroatoms. The van der Waals surface area contributed by atoms with Crippen molar-refractivity contribution in [1.29, 1.82) is 0 Å². The van der Waals surface area contributed by atoms with Crippen LogP contribution >= 0.6 is 0 Å². The molecular weight excluding hydrogens is 296 g/mol. The summed E-state index contributed by atoms with van der Waals surface area (Å²) in [5.74, 6) is 1.12. The summed E-state index contributed by atoms with van der Waals surface area (Å²) in [6.45, 7) is 4.92. The Morgan fingerprint density at radius 3 is 2.92 bits per heavy atom. The van der Waals surface area contributed by atoms with Crippen molar-refractivity contribution >= 4 is 12.0 Å². The van der Waals surface area contributed by atoms with E-state index in [4.69, 9.17) is 0 Å². The van der Waals surface area contributed by atoms with Crippen LogP contribution in [0.25, 0.3) is 6.08 Å². The maximum Gasteiger partial charge on any atom is 0.222 e. The fourth-order valence-corrected chi connectivity index (χ4v) is 5.25. The van der Waals surface area contributed by atoms with E-state index < -0.39 is 0 Å². The van der Waals surface area contributed by atoms with E-state index in [-0.39, 0.29) is 0 Å². The molecular formula is C21H28N2O. The van der Waals surface area contributed by atoms with Crippen molar-refractivity contribution in [2.45, 2.75) is 50.6 Å². The highest BCUT2D eigenvalue weighted by Gasteiger charge is 2.67. The third-order valence-electron chi connectivity index (χ3n) is 6.47. The zero-order valence-electron chi connectivity index (χ0n) is 14.7. The number of rotatable bonds is 4. The molecule has 2 heterocycles. The average molecular weight is 324 g/mol. The Morgan fingerprint density at radius 1 is 1.29 bits per heavy atom. The molecule has 0 bridgehead atoms. The Bertz CT molecular complexity index is 626. The van der Waals surface area contributed by atoms with Gasteiger partial charge in [0.05, 0.1) is 0 Å². The van der Waals surface area contributed by atoms with Gasteiger partial charge in [0.25, 0.3) is 0 Å². The topological polar surface area (TPSA) is 23.3 Å². The highest BCUT2D eigenvalue weighted by atomic mass is 16.2. The quantitative estimate of drug-likeness (QED) is 0.791. The van der Waals surface area contributed by atoms with Crippen LogP contribution in [-0.4, -0.2) is 46.9 Å². The Kier molecular flexibility index (Phi) is 4.21. The Morgan fingerprint density at radius 2 is 2.12 bits per heavy atom. The zero-order valence-corrected chi connectivity index (χ0v) is 14.7. The van der Waals surface area contributed by atoms with Crippen LogP contribution in [0.15, 0.2) is 36.4 Å². The lowest BCUT2D eigenvalue weighted by atomic mass is 9.90. The van der Waals surface area contributed by atoms with Crippen LogP contribution in [-0.2, 0) is 4.79 Å². The van der Waals surface area contributed by atoms with Gasteiger partial charge in [-0.3, -0.25) is 9.69 Å². The van der Waals surface area contributed by atoms with E-state index in [1.54, 1.807) is 0 Å². The molecule has 1 aromatic carbocycles. The number of hydrogen-bond acceptors (Lipinski definition) is 2. The van der Waals surface area contributed by atoms with E-state index in [1.807, 2.05) is 6.92 Å². The van der Waals surface area contributed by atoms with Gasteiger partial charge in [-0.2, -0.15) is 0 Å². The Balaban J connectivity index is 1.46. The van der Waals surface area contributed by atoms with E-state index >= 15 is 0 Å². The Hall–Kier alpha value is -1.61. The second-order valence-electron chi connectivity index (χ2n) is 7.54. The van der Waals surface area contributed by atoms with E-state index in [9.17, 15) is 4.79 Å². The molecule has 2 aliphatic heterocycles. The van der Waals surface area contributed by atoms with E-state index in [0.29, 0.717) is 23.9 Å². The lowest BCUT2D eigenvalue weighted by molar-refractivity contribution is -0.131. The van der Waals surface area contributed by atoms with E-state index in [2.05, 4.69) is 52.3 Å². The summed E-state index contributed by atoms with van der Waals surface area (Å²) in [7, 11) is 0. The monoisotopic (exact) mass is 324 g/mol. The molecule has 128 valence electrons. The molecule has 3 fully saturated rings. The number of amides is 1. The average Bonchev–Trinajstić information content (AvgIpc) is 3.06. The molecule has 24 heavy (non-hydrogen) atoms. The fourth-order valence-electron chi connectivity index (χ4n) is 5.25. The number of benzene rings is 1. The maximum atomic E-state index is 12.2. The largest absolute Gasteiger partial charge is 0.341 e. The van der Waals surface area contributed by atoms with Crippen molar-refractivity contribution in [2.24, 2.45) is 5.92 Å². The number of carbonyl (C=O) groups is 1. The van der Waals surface area contributed by atoms with Gasteiger partial charge in [0.15, 0.2) is 0 Å². The number of hydrogen-bond donors (Lipinski definition) is 0. The van der Waals surface area contributed by atoms with Crippen LogP contribution in [0.4, 0.5) is 0 Å². The fraction of sp³-hybridized carbons (Fsp3) is 0.571. The standard InChI is InChI=1S/C21H28N2O/c1-2-20(24)22-15-12-18-11-6-13-21(18)19(16-22)23(21)14-7-10-17-8-4-3-5-9-17/h3-5,7-10,18-19H,2,6,11-16H2,1H3. The van der Waals surface area contributed by atoms with Crippen LogP contribution < -0.4 is 0 Å². The first-order valence-electron chi connectivity index (χ1n) is 9.52. The first-order chi connectivity index (χ1) is 11.8. The van der Waals surface area contributed by atoms with E-state index in [1.165, 1.54) is 31.2 Å².